The van der Waals surface area contributed by atoms with Gasteiger partial charge in [-0.25, -0.2) is 8.42 Å². The minimum atomic E-state index is -3.68. The van der Waals surface area contributed by atoms with Gasteiger partial charge in [-0.05, 0) is 61.9 Å². The fraction of sp³-hybridized carbons (Fsp3) is 0.381. The van der Waals surface area contributed by atoms with Crippen molar-refractivity contribution in [1.29, 1.82) is 0 Å². The van der Waals surface area contributed by atoms with E-state index in [-0.39, 0.29) is 10.8 Å². The first-order valence-corrected chi connectivity index (χ1v) is 11.0. The summed E-state index contributed by atoms with van der Waals surface area (Å²) < 4.78 is 28.0. The van der Waals surface area contributed by atoms with Gasteiger partial charge >= 0.3 is 0 Å². The smallest absolute Gasteiger partial charge is 0.262 e. The van der Waals surface area contributed by atoms with Crippen LogP contribution in [0.5, 0.6) is 0 Å². The van der Waals surface area contributed by atoms with E-state index >= 15 is 0 Å². The third-order valence-electron chi connectivity index (χ3n) is 5.12. The Morgan fingerprint density at radius 2 is 1.64 bits per heavy atom. The summed E-state index contributed by atoms with van der Waals surface area (Å²) in [6, 6.07) is 12.0. The van der Waals surface area contributed by atoms with Gasteiger partial charge in [-0.1, -0.05) is 19.1 Å². The first kappa shape index (κ1) is 20.4. The quantitative estimate of drug-likeness (QED) is 0.836. The van der Waals surface area contributed by atoms with Gasteiger partial charge in [0.2, 0.25) is 0 Å². The molecule has 6 nitrogen and oxygen atoms in total. The molecule has 0 aliphatic carbocycles. The van der Waals surface area contributed by atoms with Crippen LogP contribution >= 0.6 is 0 Å². The number of sulfonamides is 1. The van der Waals surface area contributed by atoms with E-state index in [2.05, 4.69) is 16.5 Å². The van der Waals surface area contributed by atoms with E-state index in [1.165, 1.54) is 0 Å². The summed E-state index contributed by atoms with van der Waals surface area (Å²) in [5, 5.41) is 0. The average Bonchev–Trinajstić information content (AvgIpc) is 2.69. The van der Waals surface area contributed by atoms with Gasteiger partial charge in [0.25, 0.3) is 15.9 Å². The Morgan fingerprint density at radius 3 is 2.25 bits per heavy atom. The monoisotopic (exact) mass is 401 g/mol. The van der Waals surface area contributed by atoms with Crippen molar-refractivity contribution in [2.24, 2.45) is 0 Å². The maximum atomic E-state index is 12.7. The van der Waals surface area contributed by atoms with Gasteiger partial charge in [0.05, 0.1) is 4.90 Å². The summed E-state index contributed by atoms with van der Waals surface area (Å²) in [4.78, 5) is 17.1. The van der Waals surface area contributed by atoms with Crippen LogP contribution in [0, 0.1) is 13.8 Å². The fourth-order valence-corrected chi connectivity index (χ4v) is 4.73. The van der Waals surface area contributed by atoms with E-state index in [0.717, 1.165) is 25.2 Å². The summed E-state index contributed by atoms with van der Waals surface area (Å²) in [5.74, 6) is -0.0142. The van der Waals surface area contributed by atoms with Crippen LogP contribution in [-0.2, 0) is 10.0 Å². The number of hydrogen-bond donors (Lipinski definition) is 1. The Hall–Kier alpha value is -2.38. The number of anilines is 1. The second kappa shape index (κ2) is 8.32. The van der Waals surface area contributed by atoms with Crippen LogP contribution in [0.2, 0.25) is 0 Å². The summed E-state index contributed by atoms with van der Waals surface area (Å²) in [6.07, 6.45) is 0. The van der Waals surface area contributed by atoms with Crippen molar-refractivity contribution in [2.45, 2.75) is 25.7 Å². The van der Waals surface area contributed by atoms with Crippen LogP contribution in [-0.4, -0.2) is 56.8 Å². The molecule has 1 saturated heterocycles. The van der Waals surface area contributed by atoms with Crippen molar-refractivity contribution >= 4 is 21.6 Å². The number of nitrogens with one attached hydrogen (secondary N) is 1. The molecule has 1 N–H and O–H groups in total. The molecule has 1 fully saturated rings. The standard InChI is InChI=1S/C21H27N3O3S/c1-4-23-11-13-24(14-12-23)21(25)18-7-9-19(10-8-18)22-28(26,27)20-15-16(2)5-6-17(20)3/h5-10,15,22H,4,11-14H2,1-3H3. The number of carbonyl (C=O) groups is 1. The van der Waals surface area contributed by atoms with Crippen molar-refractivity contribution in [2.75, 3.05) is 37.4 Å². The maximum absolute atomic E-state index is 12.7. The summed E-state index contributed by atoms with van der Waals surface area (Å²) >= 11 is 0. The van der Waals surface area contributed by atoms with Crippen LogP contribution < -0.4 is 4.72 Å². The van der Waals surface area contributed by atoms with Crippen molar-refractivity contribution in [1.82, 2.24) is 9.80 Å². The Balaban J connectivity index is 1.70. The van der Waals surface area contributed by atoms with Crippen LogP contribution in [0.15, 0.2) is 47.4 Å². The molecule has 2 aromatic rings. The van der Waals surface area contributed by atoms with Crippen molar-refractivity contribution in [3.63, 3.8) is 0 Å². The van der Waals surface area contributed by atoms with Gasteiger partial charge in [-0.3, -0.25) is 9.52 Å². The molecule has 1 amide bonds. The van der Waals surface area contributed by atoms with Crippen LogP contribution in [0.3, 0.4) is 0 Å². The molecular weight excluding hydrogens is 374 g/mol. The zero-order valence-electron chi connectivity index (χ0n) is 16.6. The lowest BCUT2D eigenvalue weighted by atomic mass is 10.1. The molecule has 0 aromatic heterocycles. The van der Waals surface area contributed by atoms with Gasteiger partial charge in [0.1, 0.15) is 0 Å². The minimum Gasteiger partial charge on any atom is -0.336 e. The van der Waals surface area contributed by atoms with E-state index in [4.69, 9.17) is 0 Å². The molecule has 0 saturated carbocycles. The molecule has 2 aromatic carbocycles. The zero-order chi connectivity index (χ0) is 20.3. The largest absolute Gasteiger partial charge is 0.336 e. The molecule has 1 heterocycles. The SMILES string of the molecule is CCN1CCN(C(=O)c2ccc(NS(=O)(=O)c3cc(C)ccc3C)cc2)CC1. The number of aryl methyl sites for hydroxylation is 2. The third kappa shape index (κ3) is 4.54. The lowest BCUT2D eigenvalue weighted by molar-refractivity contribution is 0.0643. The fourth-order valence-electron chi connectivity index (χ4n) is 3.34. The third-order valence-corrected chi connectivity index (χ3v) is 6.65. The van der Waals surface area contributed by atoms with E-state index in [0.29, 0.717) is 29.9 Å². The topological polar surface area (TPSA) is 69.7 Å². The predicted molar refractivity (Wildman–Crippen MR) is 111 cm³/mol. The van der Waals surface area contributed by atoms with Crippen LogP contribution in [0.1, 0.15) is 28.4 Å². The molecule has 0 spiro atoms. The molecule has 0 atom stereocenters. The van der Waals surface area contributed by atoms with Gasteiger partial charge in [0, 0.05) is 37.4 Å². The molecular formula is C21H27N3O3S. The number of hydrogen-bond acceptors (Lipinski definition) is 4. The van der Waals surface area contributed by atoms with Gasteiger partial charge in [0.15, 0.2) is 0 Å². The Bertz CT molecular complexity index is 947. The van der Waals surface area contributed by atoms with Gasteiger partial charge in [-0.2, -0.15) is 0 Å². The minimum absolute atomic E-state index is 0.0142. The zero-order valence-corrected chi connectivity index (χ0v) is 17.4. The molecule has 0 bridgehead atoms. The predicted octanol–water partition coefficient (Wildman–Crippen LogP) is 2.88. The van der Waals surface area contributed by atoms with E-state index in [1.54, 1.807) is 43.3 Å². The summed E-state index contributed by atoms with van der Waals surface area (Å²) in [6.45, 7) is 9.95. The van der Waals surface area contributed by atoms with E-state index < -0.39 is 10.0 Å². The van der Waals surface area contributed by atoms with E-state index in [9.17, 15) is 13.2 Å². The highest BCUT2D eigenvalue weighted by Gasteiger charge is 2.22. The molecule has 3 rings (SSSR count). The molecule has 0 unspecified atom stereocenters. The first-order valence-electron chi connectivity index (χ1n) is 9.52. The van der Waals surface area contributed by atoms with Gasteiger partial charge in [-0.15, -0.1) is 0 Å². The molecule has 0 radical (unpaired) electrons. The number of likely N-dealkylation sites (N-methyl/N-ethyl adjacent to an activating group) is 1. The number of benzene rings is 2. The number of nitrogens with zero attached hydrogens (tertiary/aromatic N) is 2. The highest BCUT2D eigenvalue weighted by atomic mass is 32.2. The van der Waals surface area contributed by atoms with Crippen LogP contribution in [0.4, 0.5) is 5.69 Å². The highest BCUT2D eigenvalue weighted by molar-refractivity contribution is 7.92. The van der Waals surface area contributed by atoms with Crippen molar-refractivity contribution < 1.29 is 13.2 Å². The number of piperazine rings is 1. The lowest BCUT2D eigenvalue weighted by Gasteiger charge is -2.34. The Labute approximate surface area is 167 Å². The maximum Gasteiger partial charge on any atom is 0.262 e. The van der Waals surface area contributed by atoms with Crippen molar-refractivity contribution in [3.05, 3.63) is 59.2 Å². The summed E-state index contributed by atoms with van der Waals surface area (Å²) in [7, 11) is -3.68. The molecule has 7 heteroatoms. The lowest BCUT2D eigenvalue weighted by Crippen LogP contribution is -2.48. The molecule has 1 aliphatic rings. The Morgan fingerprint density at radius 1 is 1.00 bits per heavy atom. The normalized spacial score (nSPS) is 15.5. The molecule has 150 valence electrons. The first-order chi connectivity index (χ1) is 13.3. The molecule has 1 aliphatic heterocycles. The second-order valence-corrected chi connectivity index (χ2v) is 8.83. The van der Waals surface area contributed by atoms with E-state index in [1.807, 2.05) is 17.9 Å². The Kier molecular flexibility index (Phi) is 6.05. The number of rotatable bonds is 5. The average molecular weight is 402 g/mol. The second-order valence-electron chi connectivity index (χ2n) is 7.18. The summed E-state index contributed by atoms with van der Waals surface area (Å²) in [5.41, 5.74) is 2.58. The molecule has 28 heavy (non-hydrogen) atoms. The number of carbonyl (C=O) groups excluding carboxylic acids is 1. The van der Waals surface area contributed by atoms with Gasteiger partial charge < -0.3 is 9.80 Å². The van der Waals surface area contributed by atoms with Crippen molar-refractivity contribution in [3.8, 4) is 0 Å². The number of amides is 1. The van der Waals surface area contributed by atoms with Crippen LogP contribution in [0.25, 0.3) is 0 Å². The highest BCUT2D eigenvalue weighted by Crippen LogP contribution is 2.21.